The number of ether oxygens (including phenoxy) is 1. The van der Waals surface area contributed by atoms with Crippen molar-refractivity contribution in [2.24, 2.45) is 0 Å². The molecule has 0 amide bonds. The van der Waals surface area contributed by atoms with Gasteiger partial charge >= 0.3 is 29.6 Å². The van der Waals surface area contributed by atoms with E-state index in [9.17, 15) is 0 Å². The van der Waals surface area contributed by atoms with Gasteiger partial charge in [-0.15, -0.1) is 0 Å². The molecular weight excluding hydrogens is 183 g/mol. The maximum atomic E-state index is 8.64. The first kappa shape index (κ1) is 13.7. The first-order chi connectivity index (χ1) is 4.16. The van der Waals surface area contributed by atoms with E-state index >= 15 is 0 Å². The van der Waals surface area contributed by atoms with E-state index in [1.54, 1.807) is 0 Å². The fourth-order valence-corrected chi connectivity index (χ4v) is 0.363. The second-order valence-electron chi connectivity index (χ2n) is 1.41. The van der Waals surface area contributed by atoms with Crippen LogP contribution in [-0.4, -0.2) is 33.9 Å². The fourth-order valence-electron chi connectivity index (χ4n) is 0.220. The van der Waals surface area contributed by atoms with Gasteiger partial charge in [-0.25, -0.2) is 0 Å². The third-order valence-electron chi connectivity index (χ3n) is 0.610. The average Bonchev–Trinajstić information content (AvgIpc) is 1.83. The minimum atomic E-state index is -0.866. The molecule has 0 aromatic rings. The van der Waals surface area contributed by atoms with Crippen molar-refractivity contribution in [2.45, 2.75) is 6.10 Å². The van der Waals surface area contributed by atoms with Crippen molar-refractivity contribution in [1.82, 2.24) is 0 Å². The smallest absolute Gasteiger partial charge is 1.00 e. The van der Waals surface area contributed by atoms with E-state index in [4.69, 9.17) is 10.2 Å². The number of thiocarbonyl (C=S) groups is 1. The zero-order valence-corrected chi connectivity index (χ0v) is 9.36. The van der Waals surface area contributed by atoms with Crippen molar-refractivity contribution in [2.75, 3.05) is 13.2 Å². The number of aliphatic hydroxyl groups excluding tert-OH is 2. The maximum Gasteiger partial charge on any atom is 1.00 e. The monoisotopic (exact) mass is 192 g/mol. The van der Waals surface area contributed by atoms with Gasteiger partial charge in [0.2, 0.25) is 4.38 Å². The predicted molar refractivity (Wildman–Crippen MR) is 41.7 cm³/mol. The summed E-state index contributed by atoms with van der Waals surface area (Å²) in [5.41, 5.74) is 0. The van der Waals surface area contributed by atoms with Crippen molar-refractivity contribution >= 4 is 29.2 Å². The summed E-state index contributed by atoms with van der Waals surface area (Å²) in [6, 6.07) is 0. The van der Waals surface area contributed by atoms with Gasteiger partial charge in [-0.2, -0.15) is 0 Å². The van der Waals surface area contributed by atoms with Gasteiger partial charge in [0.15, 0.2) is 0 Å². The predicted octanol–water partition coefficient (Wildman–Crippen LogP) is -3.31. The van der Waals surface area contributed by atoms with Gasteiger partial charge in [0.05, 0.1) is 6.61 Å². The summed E-state index contributed by atoms with van der Waals surface area (Å²) in [5, 5.41) is 16.9. The van der Waals surface area contributed by atoms with Gasteiger partial charge in [0, 0.05) is 0 Å². The summed E-state index contributed by atoms with van der Waals surface area (Å²) in [4.78, 5) is 0. The number of thiol groups is 1. The summed E-state index contributed by atoms with van der Waals surface area (Å²) in [6.07, 6.45) is -0.866. The first-order valence-electron chi connectivity index (χ1n) is 2.31. The standard InChI is InChI=1S/C4H8O3S2.Na.H/c5-1-3(6)2-7-4(8)9;;/h3,5-6H,1-2H2,(H,8,9);;/q;+1;-1. The van der Waals surface area contributed by atoms with Crippen LogP contribution in [0.25, 0.3) is 0 Å². The number of hydrogen-bond acceptors (Lipinski definition) is 4. The van der Waals surface area contributed by atoms with E-state index in [0.717, 1.165) is 0 Å². The Hall–Kier alpha value is 1.16. The van der Waals surface area contributed by atoms with Crippen molar-refractivity contribution in [1.29, 1.82) is 0 Å². The Morgan fingerprint density at radius 3 is 2.60 bits per heavy atom. The van der Waals surface area contributed by atoms with Crippen LogP contribution in [0.5, 0.6) is 0 Å². The molecule has 0 rings (SSSR count). The molecule has 0 fully saturated rings. The second kappa shape index (κ2) is 8.26. The van der Waals surface area contributed by atoms with E-state index in [1.807, 2.05) is 0 Å². The molecular formula is C4H9NaO3S2. The topological polar surface area (TPSA) is 49.7 Å². The van der Waals surface area contributed by atoms with Crippen LogP contribution < -0.4 is 29.6 Å². The average molecular weight is 192 g/mol. The Balaban J connectivity index is -0.000000320. The summed E-state index contributed by atoms with van der Waals surface area (Å²) >= 11 is 8.04. The Morgan fingerprint density at radius 1 is 1.80 bits per heavy atom. The van der Waals surface area contributed by atoms with Crippen molar-refractivity contribution < 1.29 is 45.9 Å². The van der Waals surface area contributed by atoms with Gasteiger partial charge in [-0.05, 0) is 12.2 Å². The molecule has 1 unspecified atom stereocenters. The van der Waals surface area contributed by atoms with Crippen LogP contribution in [0.3, 0.4) is 0 Å². The first-order valence-corrected chi connectivity index (χ1v) is 3.17. The molecule has 2 N–H and O–H groups in total. The summed E-state index contributed by atoms with van der Waals surface area (Å²) in [7, 11) is 0. The minimum absolute atomic E-state index is 0. The van der Waals surface area contributed by atoms with Crippen LogP contribution in [0.4, 0.5) is 0 Å². The van der Waals surface area contributed by atoms with Crippen molar-refractivity contribution in [3.8, 4) is 0 Å². The fraction of sp³-hybridized carbons (Fsp3) is 0.750. The van der Waals surface area contributed by atoms with Crippen LogP contribution in [0.15, 0.2) is 0 Å². The Kier molecular flexibility index (Phi) is 11.3. The van der Waals surface area contributed by atoms with Gasteiger partial charge in [0.1, 0.15) is 12.7 Å². The maximum absolute atomic E-state index is 8.64. The summed E-state index contributed by atoms with van der Waals surface area (Å²) < 4.78 is 4.65. The molecule has 0 saturated heterocycles. The number of rotatable bonds is 3. The molecule has 0 aromatic carbocycles. The van der Waals surface area contributed by atoms with Crippen LogP contribution in [0.2, 0.25) is 0 Å². The second-order valence-corrected chi connectivity index (χ2v) is 2.49. The third-order valence-corrected chi connectivity index (χ3v) is 0.857. The van der Waals surface area contributed by atoms with E-state index in [2.05, 4.69) is 29.6 Å². The quantitative estimate of drug-likeness (QED) is 0.249. The molecule has 0 aliphatic rings. The van der Waals surface area contributed by atoms with Gasteiger partial charge in [0.25, 0.3) is 0 Å². The van der Waals surface area contributed by atoms with Crippen LogP contribution in [0, 0.1) is 0 Å². The molecule has 0 spiro atoms. The molecule has 1 atom stereocenters. The van der Waals surface area contributed by atoms with Gasteiger partial charge < -0.3 is 16.4 Å². The summed E-state index contributed by atoms with van der Waals surface area (Å²) in [6.45, 7) is -0.324. The van der Waals surface area contributed by atoms with Crippen LogP contribution in [-0.2, 0) is 4.74 Å². The van der Waals surface area contributed by atoms with E-state index in [1.165, 1.54) is 0 Å². The molecule has 56 valence electrons. The van der Waals surface area contributed by atoms with E-state index in [-0.39, 0.29) is 48.6 Å². The third kappa shape index (κ3) is 9.16. The molecule has 3 nitrogen and oxygen atoms in total. The number of hydrogen-bond donors (Lipinski definition) is 3. The SMILES string of the molecule is OCC(O)COC(=S)S.[H-].[Na+]. The molecule has 0 heterocycles. The zero-order valence-electron chi connectivity index (χ0n) is 6.65. The Bertz CT molecular complexity index is 105. The molecule has 10 heavy (non-hydrogen) atoms. The van der Waals surface area contributed by atoms with Gasteiger partial charge in [-0.3, -0.25) is 0 Å². The zero-order chi connectivity index (χ0) is 7.28. The van der Waals surface area contributed by atoms with Gasteiger partial charge in [-0.1, -0.05) is 12.6 Å². The number of aliphatic hydroxyl groups is 2. The molecule has 0 aliphatic heterocycles. The van der Waals surface area contributed by atoms with E-state index in [0.29, 0.717) is 0 Å². The minimum Gasteiger partial charge on any atom is -1.00 e. The molecule has 0 saturated carbocycles. The Labute approximate surface area is 93.9 Å². The molecule has 6 heteroatoms. The molecule has 0 radical (unpaired) electrons. The van der Waals surface area contributed by atoms with Crippen molar-refractivity contribution in [3.05, 3.63) is 0 Å². The van der Waals surface area contributed by atoms with Crippen LogP contribution >= 0.6 is 24.8 Å². The largest absolute Gasteiger partial charge is 1.00 e. The molecule has 0 bridgehead atoms. The van der Waals surface area contributed by atoms with Crippen molar-refractivity contribution in [3.63, 3.8) is 0 Å². The van der Waals surface area contributed by atoms with Crippen LogP contribution in [0.1, 0.15) is 1.43 Å². The van der Waals surface area contributed by atoms with E-state index < -0.39 is 6.10 Å². The normalized spacial score (nSPS) is 11.5. The summed E-state index contributed by atoms with van der Waals surface area (Å²) in [5.74, 6) is 0. The molecule has 0 aromatic heterocycles. The molecule has 0 aliphatic carbocycles. The Morgan fingerprint density at radius 2 is 2.30 bits per heavy atom.